The van der Waals surface area contributed by atoms with Crippen LogP contribution in [0, 0.1) is 0 Å². The summed E-state index contributed by atoms with van der Waals surface area (Å²) in [5.74, 6) is 0. The minimum Gasteiger partial charge on any atom is -0.311 e. The van der Waals surface area contributed by atoms with Crippen LogP contribution in [0.1, 0.15) is 0 Å². The zero-order valence-corrected chi connectivity index (χ0v) is 41.1. The molecule has 12 rings (SSSR count). The van der Waals surface area contributed by atoms with E-state index in [2.05, 4.69) is 316 Å². The van der Waals surface area contributed by atoms with Crippen LogP contribution in [0.15, 0.2) is 310 Å². The van der Waals surface area contributed by atoms with Crippen molar-refractivity contribution in [2.45, 2.75) is 0 Å². The summed E-state index contributed by atoms with van der Waals surface area (Å²) in [6.07, 6.45) is 3.57. The third-order valence-electron chi connectivity index (χ3n) is 13.3. The predicted octanol–water partition coefficient (Wildman–Crippen LogP) is 19.0. The van der Waals surface area contributed by atoms with Crippen LogP contribution in [0.25, 0.3) is 11.0 Å². The number of rotatable bonds is 15. The molecule has 75 heavy (non-hydrogen) atoms. The van der Waals surface area contributed by atoms with Crippen LogP contribution in [0.2, 0.25) is 0 Å². The third kappa shape index (κ3) is 9.53. The van der Waals surface area contributed by atoms with E-state index in [0.29, 0.717) is 0 Å². The largest absolute Gasteiger partial charge is 0.311 e. The van der Waals surface area contributed by atoms with Crippen molar-refractivity contribution in [1.82, 2.24) is 9.97 Å². The summed E-state index contributed by atoms with van der Waals surface area (Å²) in [4.78, 5) is 21.6. The van der Waals surface area contributed by atoms with Crippen LogP contribution in [0.5, 0.6) is 0 Å². The number of nitrogens with zero attached hydrogens (tertiary/aromatic N) is 7. The van der Waals surface area contributed by atoms with E-state index >= 15 is 0 Å². The number of aromatic nitrogens is 2. The van der Waals surface area contributed by atoms with Gasteiger partial charge in [-0.1, -0.05) is 127 Å². The topological polar surface area (TPSA) is 42.0 Å². The van der Waals surface area contributed by atoms with Crippen LogP contribution < -0.4 is 24.5 Å². The first-order chi connectivity index (χ1) is 37.2. The Morgan fingerprint density at radius 3 is 0.520 bits per heavy atom. The molecule has 0 saturated carbocycles. The van der Waals surface area contributed by atoms with E-state index in [9.17, 15) is 0 Å². The molecular formula is C68H51N7. The minimum absolute atomic E-state index is 0.769. The van der Waals surface area contributed by atoms with E-state index in [4.69, 9.17) is 9.97 Å². The van der Waals surface area contributed by atoms with Crippen molar-refractivity contribution >= 4 is 96.3 Å². The van der Waals surface area contributed by atoms with E-state index in [-0.39, 0.29) is 0 Å². The van der Waals surface area contributed by atoms with E-state index in [1.165, 1.54) is 0 Å². The molecule has 11 aromatic carbocycles. The Kier molecular flexibility index (Phi) is 13.0. The average molecular weight is 966 g/mol. The van der Waals surface area contributed by atoms with Crippen LogP contribution in [-0.4, -0.2) is 9.97 Å². The molecule has 0 amide bonds. The van der Waals surface area contributed by atoms with E-state index < -0.39 is 0 Å². The van der Waals surface area contributed by atoms with Crippen molar-refractivity contribution in [3.63, 3.8) is 0 Å². The lowest BCUT2D eigenvalue weighted by Gasteiger charge is -2.31. The second-order valence-electron chi connectivity index (χ2n) is 17.9. The number of fused-ring (bicyclic) bond motifs is 1. The number of hydrogen-bond acceptors (Lipinski definition) is 7. The molecule has 0 N–H and O–H groups in total. The van der Waals surface area contributed by atoms with E-state index in [0.717, 1.165) is 96.3 Å². The third-order valence-corrected chi connectivity index (χ3v) is 13.3. The monoisotopic (exact) mass is 965 g/mol. The Hall–Kier alpha value is -10.2. The number of para-hydroxylation sites is 7. The summed E-state index contributed by atoms with van der Waals surface area (Å²) in [7, 11) is 0. The Morgan fingerprint density at radius 2 is 0.320 bits per heavy atom. The van der Waals surface area contributed by atoms with Crippen molar-refractivity contribution in [1.29, 1.82) is 0 Å². The van der Waals surface area contributed by atoms with Gasteiger partial charge in [0.15, 0.2) is 0 Å². The average Bonchev–Trinajstić information content (AvgIpc) is 3.49. The van der Waals surface area contributed by atoms with E-state index in [1.807, 2.05) is 6.07 Å². The molecule has 0 unspecified atom stereocenters. The quantitative estimate of drug-likeness (QED) is 0.101. The van der Waals surface area contributed by atoms with Crippen molar-refractivity contribution in [3.05, 3.63) is 310 Å². The van der Waals surface area contributed by atoms with Crippen molar-refractivity contribution in [2.24, 2.45) is 0 Å². The summed E-state index contributed by atoms with van der Waals surface area (Å²) >= 11 is 0. The van der Waals surface area contributed by atoms with Gasteiger partial charge < -0.3 is 24.5 Å². The Morgan fingerprint density at radius 1 is 0.160 bits per heavy atom. The number of anilines is 15. The molecule has 0 aliphatic heterocycles. The number of hydrogen-bond donors (Lipinski definition) is 0. The highest BCUT2D eigenvalue weighted by molar-refractivity contribution is 6.03. The van der Waals surface area contributed by atoms with Gasteiger partial charge in [-0.05, 0) is 170 Å². The molecule has 0 spiro atoms. The van der Waals surface area contributed by atoms with E-state index in [1.54, 1.807) is 12.4 Å². The molecule has 0 bridgehead atoms. The lowest BCUT2D eigenvalue weighted by molar-refractivity contribution is 1.22. The summed E-state index contributed by atoms with van der Waals surface area (Å²) in [5.41, 5.74) is 16.9. The van der Waals surface area contributed by atoms with Gasteiger partial charge >= 0.3 is 0 Å². The van der Waals surface area contributed by atoms with Gasteiger partial charge in [0.2, 0.25) is 0 Å². The smallest absolute Gasteiger partial charge is 0.115 e. The molecule has 0 aliphatic carbocycles. The molecule has 0 fully saturated rings. The maximum atomic E-state index is 5.12. The predicted molar refractivity (Wildman–Crippen MR) is 313 cm³/mol. The van der Waals surface area contributed by atoms with Gasteiger partial charge in [-0.25, -0.2) is 0 Å². The number of benzene rings is 11. The Balaban J connectivity index is 0.922. The van der Waals surface area contributed by atoms with Gasteiger partial charge in [0.05, 0.1) is 11.4 Å². The first-order valence-corrected chi connectivity index (χ1v) is 25.2. The summed E-state index contributed by atoms with van der Waals surface area (Å²) in [6.45, 7) is 0. The zero-order valence-electron chi connectivity index (χ0n) is 41.1. The molecule has 7 heteroatoms. The normalized spacial score (nSPS) is 10.9. The van der Waals surface area contributed by atoms with Gasteiger partial charge in [0.1, 0.15) is 11.0 Å². The van der Waals surface area contributed by atoms with Crippen LogP contribution in [-0.2, 0) is 0 Å². The molecule has 0 aliphatic rings. The fraction of sp³-hybridized carbons (Fsp3) is 0. The van der Waals surface area contributed by atoms with Crippen LogP contribution >= 0.6 is 0 Å². The van der Waals surface area contributed by atoms with Gasteiger partial charge in [0, 0.05) is 86.3 Å². The lowest BCUT2D eigenvalue weighted by Crippen LogP contribution is -2.15. The molecule has 0 radical (unpaired) electrons. The standard InChI is InChI=1S/C68H51N7/c1-8-22-52(23-9-1)71(53-24-10-2-11-25-53)59-36-38-61(39-37-59)73(56-30-16-5-17-31-56)62-42-46-64(47-43-62)75(58-34-20-7-21-35-58)66-49-48-65(67-68(66)70-51-50-69-67)74(57-32-18-6-19-33-57)63-44-40-60(41-45-63)72(54-26-12-3-13-27-54)55-28-14-4-15-29-55/h1-51H. The molecule has 0 atom stereocenters. The summed E-state index contributed by atoms with van der Waals surface area (Å²) < 4.78 is 0. The molecule has 1 heterocycles. The highest BCUT2D eigenvalue weighted by Gasteiger charge is 2.24. The highest BCUT2D eigenvalue weighted by atomic mass is 15.2. The van der Waals surface area contributed by atoms with Gasteiger partial charge in [-0.15, -0.1) is 0 Å². The SMILES string of the molecule is c1ccc(N(c2ccccc2)c2ccc(N(c3ccccc3)c3ccc(N(c4ccccc4)c4ccc(N(c5ccccc5)c5ccc(N(c6ccccc6)c6ccccc6)cc5)c5nccnc45)cc3)cc2)cc1. The van der Waals surface area contributed by atoms with Gasteiger partial charge in [0.25, 0.3) is 0 Å². The zero-order chi connectivity index (χ0) is 50.2. The maximum Gasteiger partial charge on any atom is 0.115 e. The maximum absolute atomic E-state index is 5.12. The first-order valence-electron chi connectivity index (χ1n) is 25.2. The molecule has 358 valence electrons. The second-order valence-corrected chi connectivity index (χ2v) is 17.9. The first kappa shape index (κ1) is 45.9. The molecule has 12 aromatic rings. The second kappa shape index (κ2) is 21.2. The Labute approximate surface area is 438 Å². The van der Waals surface area contributed by atoms with Crippen LogP contribution in [0.3, 0.4) is 0 Å². The van der Waals surface area contributed by atoms with Crippen molar-refractivity contribution in [3.8, 4) is 0 Å². The molecule has 1 aromatic heterocycles. The van der Waals surface area contributed by atoms with Gasteiger partial charge in [-0.2, -0.15) is 0 Å². The fourth-order valence-corrected chi connectivity index (χ4v) is 9.88. The summed E-state index contributed by atoms with van der Waals surface area (Å²) in [6, 6.07) is 104. The molecule has 0 saturated heterocycles. The lowest BCUT2D eigenvalue weighted by atomic mass is 10.1. The Bertz CT molecular complexity index is 3660. The molecule has 7 nitrogen and oxygen atoms in total. The van der Waals surface area contributed by atoms with Crippen molar-refractivity contribution < 1.29 is 0 Å². The van der Waals surface area contributed by atoms with Gasteiger partial charge in [-0.3, -0.25) is 9.97 Å². The van der Waals surface area contributed by atoms with Crippen LogP contribution in [0.4, 0.5) is 85.3 Å². The molecular weight excluding hydrogens is 915 g/mol. The highest BCUT2D eigenvalue weighted by Crippen LogP contribution is 2.46. The summed E-state index contributed by atoms with van der Waals surface area (Å²) in [5, 5.41) is 0. The fourth-order valence-electron chi connectivity index (χ4n) is 9.88. The van der Waals surface area contributed by atoms with Crippen molar-refractivity contribution in [2.75, 3.05) is 24.5 Å². The minimum atomic E-state index is 0.769.